The number of allylic oxidation sites excluding steroid dienone is 1. The number of aliphatic hydroxyl groups excluding tert-OH is 8. The predicted octanol–water partition coefficient (Wildman–Crippen LogP) is 10.7. The maximum atomic E-state index is 13.3. The van der Waals surface area contributed by atoms with E-state index in [1.165, 1.54) is 205 Å². The van der Waals surface area contributed by atoms with Gasteiger partial charge in [0.1, 0.15) is 48.8 Å². The number of carbonyl (C=O) groups is 1. The second-order valence-corrected chi connectivity index (χ2v) is 22.2. The Labute approximate surface area is 450 Å². The summed E-state index contributed by atoms with van der Waals surface area (Å²) in [6.07, 6.45) is 36.9. The molecule has 0 aromatic rings. The van der Waals surface area contributed by atoms with E-state index in [2.05, 4.69) is 19.2 Å². The van der Waals surface area contributed by atoms with E-state index in [4.69, 9.17) is 18.9 Å². The van der Waals surface area contributed by atoms with Gasteiger partial charge in [0.25, 0.3) is 0 Å². The molecule has 2 heterocycles. The quantitative estimate of drug-likeness (QED) is 0.0204. The molecule has 1 amide bonds. The Kier molecular flexibility index (Phi) is 43.4. The molecule has 74 heavy (non-hydrogen) atoms. The van der Waals surface area contributed by atoms with Gasteiger partial charge < -0.3 is 65.1 Å². The van der Waals surface area contributed by atoms with E-state index in [0.29, 0.717) is 6.42 Å². The van der Waals surface area contributed by atoms with Gasteiger partial charge in [0, 0.05) is 6.42 Å². The Morgan fingerprint density at radius 3 is 1.24 bits per heavy atom. The van der Waals surface area contributed by atoms with Crippen molar-refractivity contribution in [1.29, 1.82) is 0 Å². The van der Waals surface area contributed by atoms with Crippen molar-refractivity contribution in [2.24, 2.45) is 0 Å². The van der Waals surface area contributed by atoms with Gasteiger partial charge in [0.15, 0.2) is 12.6 Å². The molecule has 0 saturated carbocycles. The zero-order valence-electron chi connectivity index (χ0n) is 47.1. The highest BCUT2D eigenvalue weighted by Crippen LogP contribution is 2.30. The van der Waals surface area contributed by atoms with Crippen LogP contribution >= 0.6 is 0 Å². The molecule has 12 atom stereocenters. The Morgan fingerprint density at radius 1 is 0.473 bits per heavy atom. The first-order valence-corrected chi connectivity index (χ1v) is 30.9. The molecular formula is C60H115NO13. The van der Waals surface area contributed by atoms with Gasteiger partial charge in [-0.05, 0) is 19.3 Å². The van der Waals surface area contributed by atoms with Crippen molar-refractivity contribution in [3.05, 3.63) is 12.2 Å². The molecule has 2 aliphatic rings. The van der Waals surface area contributed by atoms with E-state index in [1.54, 1.807) is 6.08 Å². The lowest BCUT2D eigenvalue weighted by Gasteiger charge is -2.46. The summed E-state index contributed by atoms with van der Waals surface area (Å²) in [5, 5.41) is 87.1. The summed E-state index contributed by atoms with van der Waals surface area (Å²) in [5.74, 6) is -0.234. The molecule has 14 heteroatoms. The molecule has 14 nitrogen and oxygen atoms in total. The number of amides is 1. The highest BCUT2D eigenvalue weighted by atomic mass is 16.7. The summed E-state index contributed by atoms with van der Waals surface area (Å²) in [4.78, 5) is 13.3. The van der Waals surface area contributed by atoms with Crippen LogP contribution < -0.4 is 5.32 Å². The molecular weight excluding hydrogens is 943 g/mol. The Morgan fingerprint density at radius 2 is 0.838 bits per heavy atom. The average Bonchev–Trinajstić information content (AvgIpc) is 3.40. The van der Waals surface area contributed by atoms with Gasteiger partial charge in [-0.25, -0.2) is 0 Å². The van der Waals surface area contributed by atoms with Gasteiger partial charge in [0.05, 0.1) is 32.0 Å². The summed E-state index contributed by atoms with van der Waals surface area (Å²) in [6.45, 7) is 2.83. The lowest BCUT2D eigenvalue weighted by molar-refractivity contribution is -0.359. The van der Waals surface area contributed by atoms with Gasteiger partial charge in [-0.3, -0.25) is 4.79 Å². The van der Waals surface area contributed by atoms with Gasteiger partial charge >= 0.3 is 0 Å². The monoisotopic (exact) mass is 1060 g/mol. The molecule has 2 saturated heterocycles. The fourth-order valence-electron chi connectivity index (χ4n) is 10.5. The second-order valence-electron chi connectivity index (χ2n) is 22.2. The fraction of sp³-hybridized carbons (Fsp3) is 0.950. The maximum absolute atomic E-state index is 13.3. The van der Waals surface area contributed by atoms with Crippen LogP contribution in [0.3, 0.4) is 0 Å². The van der Waals surface area contributed by atoms with Crippen LogP contribution in [-0.2, 0) is 23.7 Å². The normalized spacial score (nSPS) is 25.2. The molecule has 2 fully saturated rings. The third-order valence-electron chi connectivity index (χ3n) is 15.5. The van der Waals surface area contributed by atoms with Crippen molar-refractivity contribution in [3.8, 4) is 0 Å². The van der Waals surface area contributed by atoms with Crippen LogP contribution in [0.2, 0.25) is 0 Å². The molecule has 9 N–H and O–H groups in total. The van der Waals surface area contributed by atoms with Crippen molar-refractivity contribution >= 4 is 5.91 Å². The first-order valence-electron chi connectivity index (χ1n) is 30.9. The van der Waals surface area contributed by atoms with Gasteiger partial charge in [-0.1, -0.05) is 257 Å². The summed E-state index contributed by atoms with van der Waals surface area (Å²) in [7, 11) is 0. The Balaban J connectivity index is 1.70. The molecule has 0 radical (unpaired) electrons. The minimum atomic E-state index is -1.79. The van der Waals surface area contributed by atoms with Crippen molar-refractivity contribution in [1.82, 2.24) is 5.32 Å². The van der Waals surface area contributed by atoms with Crippen LogP contribution in [0.15, 0.2) is 12.2 Å². The predicted molar refractivity (Wildman–Crippen MR) is 295 cm³/mol. The first-order chi connectivity index (χ1) is 36.1. The molecule has 0 aliphatic carbocycles. The van der Waals surface area contributed by atoms with E-state index in [0.717, 1.165) is 38.5 Å². The molecule has 0 bridgehead atoms. The number of carbonyl (C=O) groups excluding carboxylic acids is 1. The van der Waals surface area contributed by atoms with Gasteiger partial charge in [-0.2, -0.15) is 0 Å². The van der Waals surface area contributed by atoms with Crippen LogP contribution in [0, 0.1) is 0 Å². The SMILES string of the molecule is CCCCCCCCCCCCCC/C=C/[C@@H](O)[C@H](CO[C@@H]1O[C@H](CO)[C@@H](O[C@@H]2O[C@H](CO)[C@H](O)C(O)C2O)C(O)C1O)NC(=O)CCCCCCCCCCCCCCCCCCCCCCCCCCCC. The highest BCUT2D eigenvalue weighted by Gasteiger charge is 2.51. The largest absolute Gasteiger partial charge is 0.394 e. The molecule has 4 unspecified atom stereocenters. The van der Waals surface area contributed by atoms with Crippen LogP contribution in [0.1, 0.15) is 271 Å². The lowest BCUT2D eigenvalue weighted by atomic mass is 9.97. The summed E-state index contributed by atoms with van der Waals surface area (Å²) < 4.78 is 22.8. The Bertz CT molecular complexity index is 1290. The van der Waals surface area contributed by atoms with Crippen molar-refractivity contribution in [2.45, 2.75) is 344 Å². The summed E-state index contributed by atoms with van der Waals surface area (Å²) >= 11 is 0. The number of nitrogens with one attached hydrogen (secondary N) is 1. The number of rotatable bonds is 50. The van der Waals surface area contributed by atoms with Crippen molar-refractivity contribution in [3.63, 3.8) is 0 Å². The molecule has 0 spiro atoms. The maximum Gasteiger partial charge on any atom is 0.220 e. The molecule has 2 aliphatic heterocycles. The summed E-state index contributed by atoms with van der Waals surface area (Å²) in [5.41, 5.74) is 0. The number of hydrogen-bond acceptors (Lipinski definition) is 13. The zero-order chi connectivity index (χ0) is 53.9. The van der Waals surface area contributed by atoms with E-state index in [-0.39, 0.29) is 18.9 Å². The molecule has 438 valence electrons. The van der Waals surface area contributed by atoms with Crippen LogP contribution in [0.4, 0.5) is 0 Å². The van der Waals surface area contributed by atoms with Crippen LogP contribution in [0.25, 0.3) is 0 Å². The second kappa shape index (κ2) is 46.6. The topological polar surface area (TPSA) is 228 Å². The van der Waals surface area contributed by atoms with Gasteiger partial charge in [0.2, 0.25) is 5.91 Å². The standard InChI is InChI=1S/C60H115NO13/c1-3-5-7-9-11-13-15-17-19-20-21-22-23-24-25-26-27-28-29-30-32-34-36-38-40-42-44-52(65)61-48(49(64)43-41-39-37-35-33-31-18-16-14-12-10-8-6-4-2)47-71-59-57(70)55(68)58(51(46-63)73-59)74-60-56(69)54(67)53(66)50(45-62)72-60/h41,43,48-51,53-60,62-64,66-70H,3-40,42,44-47H2,1-2H3,(H,61,65)/b43-41+/t48-,49+,50+,51+,53-,54?,55?,56?,57?,58+,59+,60-/m0/s1. The smallest absolute Gasteiger partial charge is 0.220 e. The average molecular weight is 1060 g/mol. The van der Waals surface area contributed by atoms with Crippen molar-refractivity contribution < 1.29 is 64.6 Å². The van der Waals surface area contributed by atoms with Crippen LogP contribution in [-0.4, -0.2) is 140 Å². The van der Waals surface area contributed by atoms with E-state index in [9.17, 15) is 45.6 Å². The fourth-order valence-corrected chi connectivity index (χ4v) is 10.5. The first kappa shape index (κ1) is 68.8. The third kappa shape index (κ3) is 32.0. The minimum absolute atomic E-state index is 0.234. The Hall–Kier alpha value is -1.27. The van der Waals surface area contributed by atoms with Gasteiger partial charge in [-0.15, -0.1) is 0 Å². The van der Waals surface area contributed by atoms with Crippen LogP contribution in [0.5, 0.6) is 0 Å². The number of ether oxygens (including phenoxy) is 4. The van der Waals surface area contributed by atoms with Crippen molar-refractivity contribution in [2.75, 3.05) is 19.8 Å². The lowest BCUT2D eigenvalue weighted by Crippen LogP contribution is -2.65. The molecule has 2 rings (SSSR count). The number of aliphatic hydroxyl groups is 8. The number of unbranched alkanes of at least 4 members (excludes halogenated alkanes) is 37. The summed E-state index contributed by atoms with van der Waals surface area (Å²) in [6, 6.07) is -0.909. The molecule has 0 aromatic heterocycles. The highest BCUT2D eigenvalue weighted by molar-refractivity contribution is 5.76. The number of hydrogen-bond donors (Lipinski definition) is 9. The van der Waals surface area contributed by atoms with E-state index in [1.807, 2.05) is 6.08 Å². The van der Waals surface area contributed by atoms with E-state index < -0.39 is 86.8 Å². The zero-order valence-corrected chi connectivity index (χ0v) is 47.1. The minimum Gasteiger partial charge on any atom is -0.394 e. The molecule has 0 aromatic carbocycles. The third-order valence-corrected chi connectivity index (χ3v) is 15.5. The van der Waals surface area contributed by atoms with E-state index >= 15 is 0 Å².